The molecule has 2 fully saturated rings. The Hall–Kier alpha value is -2.46. The average molecular weight is 484 g/mol. The van der Waals surface area contributed by atoms with Crippen molar-refractivity contribution in [2.24, 2.45) is 0 Å². The molecule has 2 aliphatic heterocycles. The molecule has 2 aromatic rings. The van der Waals surface area contributed by atoms with E-state index in [1.54, 1.807) is 0 Å². The molecule has 0 saturated carbocycles. The maximum atomic E-state index is 13.6. The van der Waals surface area contributed by atoms with E-state index in [0.29, 0.717) is 30.6 Å². The van der Waals surface area contributed by atoms with Crippen molar-refractivity contribution in [3.8, 4) is 5.75 Å². The Kier molecular flexibility index (Phi) is 6.76. The minimum Gasteiger partial charge on any atom is -0.497 e. The van der Waals surface area contributed by atoms with Crippen LogP contribution in [-0.2, 0) is 16.2 Å². The molecule has 2 aromatic carbocycles. The van der Waals surface area contributed by atoms with E-state index in [4.69, 9.17) is 4.74 Å². The fraction of sp³-hybridized carbons (Fsp3) is 0.478. The molecule has 0 aliphatic carbocycles. The maximum Gasteiger partial charge on any atom is 0.416 e. The van der Waals surface area contributed by atoms with E-state index in [9.17, 15) is 21.6 Å². The van der Waals surface area contributed by atoms with Gasteiger partial charge < -0.3 is 14.5 Å². The van der Waals surface area contributed by atoms with Gasteiger partial charge >= 0.3 is 6.18 Å². The summed E-state index contributed by atoms with van der Waals surface area (Å²) in [5.41, 5.74) is -0.622. The van der Waals surface area contributed by atoms with Crippen LogP contribution in [0.3, 0.4) is 0 Å². The molecule has 0 amide bonds. The number of likely N-dealkylation sites (tertiary alicyclic amines) is 1. The van der Waals surface area contributed by atoms with E-state index < -0.39 is 21.8 Å². The predicted octanol–water partition coefficient (Wildman–Crippen LogP) is 4.58. The van der Waals surface area contributed by atoms with Crippen LogP contribution in [0.2, 0.25) is 0 Å². The third-order valence-electron chi connectivity index (χ3n) is 6.35. The number of piperidine rings is 1. The van der Waals surface area contributed by atoms with Gasteiger partial charge in [0.25, 0.3) is 10.0 Å². The highest BCUT2D eigenvalue weighted by molar-refractivity contribution is 7.92. The largest absolute Gasteiger partial charge is 0.497 e. The van der Waals surface area contributed by atoms with Crippen molar-refractivity contribution < 1.29 is 26.3 Å². The van der Waals surface area contributed by atoms with E-state index in [1.807, 2.05) is 4.90 Å². The first-order chi connectivity index (χ1) is 15.7. The number of alkyl halides is 3. The van der Waals surface area contributed by atoms with E-state index in [2.05, 4.69) is 9.62 Å². The molecule has 2 aliphatic rings. The molecule has 4 rings (SSSR count). The Morgan fingerprint density at radius 2 is 1.61 bits per heavy atom. The molecule has 2 saturated heterocycles. The van der Waals surface area contributed by atoms with Crippen molar-refractivity contribution in [1.82, 2.24) is 4.90 Å². The second kappa shape index (κ2) is 9.42. The zero-order valence-electron chi connectivity index (χ0n) is 18.4. The van der Waals surface area contributed by atoms with Crippen LogP contribution in [0.5, 0.6) is 5.75 Å². The van der Waals surface area contributed by atoms with Gasteiger partial charge in [-0.2, -0.15) is 13.2 Å². The van der Waals surface area contributed by atoms with Gasteiger partial charge in [-0.1, -0.05) is 0 Å². The normalized spacial score (nSPS) is 18.5. The molecule has 1 N–H and O–H groups in total. The van der Waals surface area contributed by atoms with Crippen molar-refractivity contribution in [1.29, 1.82) is 0 Å². The lowest BCUT2D eigenvalue weighted by Crippen LogP contribution is -2.43. The molecule has 0 bridgehead atoms. The summed E-state index contributed by atoms with van der Waals surface area (Å²) in [5.74, 6) is 0.479. The number of methoxy groups -OCH3 is 1. The zero-order valence-corrected chi connectivity index (χ0v) is 19.3. The minimum absolute atomic E-state index is 0.0614. The van der Waals surface area contributed by atoms with Gasteiger partial charge in [-0.15, -0.1) is 0 Å². The number of hydrogen-bond acceptors (Lipinski definition) is 5. The molecule has 180 valence electrons. The number of rotatable bonds is 6. The van der Waals surface area contributed by atoms with Crippen LogP contribution in [0.1, 0.15) is 31.2 Å². The fourth-order valence-corrected chi connectivity index (χ4v) is 5.62. The molecule has 33 heavy (non-hydrogen) atoms. The van der Waals surface area contributed by atoms with Gasteiger partial charge in [-0.05, 0) is 81.2 Å². The predicted molar refractivity (Wildman–Crippen MR) is 121 cm³/mol. The third-order valence-corrected chi connectivity index (χ3v) is 7.75. The van der Waals surface area contributed by atoms with Crippen molar-refractivity contribution in [3.63, 3.8) is 0 Å². The zero-order chi connectivity index (χ0) is 23.6. The van der Waals surface area contributed by atoms with Crippen LogP contribution in [0.25, 0.3) is 0 Å². The van der Waals surface area contributed by atoms with E-state index in [-0.39, 0.29) is 10.6 Å². The number of hydrogen-bond donors (Lipinski definition) is 1. The summed E-state index contributed by atoms with van der Waals surface area (Å²) in [4.78, 5) is 4.32. The quantitative estimate of drug-likeness (QED) is 0.652. The van der Waals surface area contributed by atoms with Crippen molar-refractivity contribution in [2.45, 2.75) is 42.8 Å². The molecule has 10 heteroatoms. The molecule has 0 spiro atoms. The summed E-state index contributed by atoms with van der Waals surface area (Å²) in [5, 5.41) is 0. The standard InChI is InChI=1S/C23H28F3N3O3S/c1-32-21-4-6-22(7-5-21)33(30,31)27-18-14-17(23(24,25)26)15-20(16-18)29-12-8-19(9-13-29)28-10-2-3-11-28/h4-7,14-16,19,27H,2-3,8-13H2,1H3. The van der Waals surface area contributed by atoms with Crippen LogP contribution in [0.4, 0.5) is 24.5 Å². The molecule has 0 radical (unpaired) electrons. The Morgan fingerprint density at radius 3 is 2.18 bits per heavy atom. The van der Waals surface area contributed by atoms with Gasteiger partial charge in [0, 0.05) is 24.8 Å². The number of ether oxygens (including phenoxy) is 1. The van der Waals surface area contributed by atoms with Gasteiger partial charge in [0.2, 0.25) is 0 Å². The molecule has 0 unspecified atom stereocenters. The minimum atomic E-state index is -4.59. The number of nitrogens with zero attached hydrogens (tertiary/aromatic N) is 2. The van der Waals surface area contributed by atoms with Crippen LogP contribution < -0.4 is 14.4 Å². The van der Waals surface area contributed by atoms with Crippen LogP contribution in [0, 0.1) is 0 Å². The number of benzene rings is 2. The second-order valence-electron chi connectivity index (χ2n) is 8.51. The number of sulfonamides is 1. The molecule has 2 heterocycles. The maximum absolute atomic E-state index is 13.6. The molecule has 0 aromatic heterocycles. The van der Waals surface area contributed by atoms with E-state index in [1.165, 1.54) is 50.3 Å². The molecule has 6 nitrogen and oxygen atoms in total. The Labute approximate surface area is 192 Å². The Balaban J connectivity index is 1.56. The number of halogens is 3. The van der Waals surface area contributed by atoms with Gasteiger partial charge in [0.05, 0.1) is 23.3 Å². The summed E-state index contributed by atoms with van der Waals surface area (Å²) in [6, 6.07) is 9.53. The Bertz CT molecular complexity index is 1060. The van der Waals surface area contributed by atoms with Crippen LogP contribution >= 0.6 is 0 Å². The summed E-state index contributed by atoms with van der Waals surface area (Å²) < 4.78 is 73.7. The van der Waals surface area contributed by atoms with Gasteiger partial charge in [0.15, 0.2) is 0 Å². The highest BCUT2D eigenvalue weighted by Crippen LogP contribution is 2.36. The van der Waals surface area contributed by atoms with Gasteiger partial charge in [-0.3, -0.25) is 4.72 Å². The lowest BCUT2D eigenvalue weighted by molar-refractivity contribution is -0.137. The second-order valence-corrected chi connectivity index (χ2v) is 10.2. The highest BCUT2D eigenvalue weighted by atomic mass is 32.2. The van der Waals surface area contributed by atoms with E-state index >= 15 is 0 Å². The summed E-state index contributed by atoms with van der Waals surface area (Å²) in [6.07, 6.45) is -0.437. The smallest absolute Gasteiger partial charge is 0.416 e. The van der Waals surface area contributed by atoms with E-state index in [0.717, 1.165) is 38.1 Å². The number of anilines is 2. The first-order valence-corrected chi connectivity index (χ1v) is 12.5. The lowest BCUT2D eigenvalue weighted by atomic mass is 10.0. The highest BCUT2D eigenvalue weighted by Gasteiger charge is 2.33. The fourth-order valence-electron chi connectivity index (χ4n) is 4.58. The molecular weight excluding hydrogens is 455 g/mol. The topological polar surface area (TPSA) is 61.9 Å². The van der Waals surface area contributed by atoms with Crippen molar-refractivity contribution >= 4 is 21.4 Å². The van der Waals surface area contributed by atoms with Crippen LogP contribution in [0.15, 0.2) is 47.4 Å². The first-order valence-electron chi connectivity index (χ1n) is 11.0. The van der Waals surface area contributed by atoms with Gasteiger partial charge in [-0.25, -0.2) is 8.42 Å². The summed E-state index contributed by atoms with van der Waals surface area (Å²) >= 11 is 0. The SMILES string of the molecule is COc1ccc(S(=O)(=O)Nc2cc(N3CCC(N4CCCC4)CC3)cc(C(F)(F)F)c2)cc1. The summed E-state index contributed by atoms with van der Waals surface area (Å²) in [6.45, 7) is 3.44. The lowest BCUT2D eigenvalue weighted by Gasteiger charge is -2.38. The van der Waals surface area contributed by atoms with Crippen molar-refractivity contribution in [2.75, 3.05) is 42.9 Å². The number of nitrogens with one attached hydrogen (secondary N) is 1. The first kappa shape index (κ1) is 23.7. The molecule has 0 atom stereocenters. The van der Waals surface area contributed by atoms with Crippen LogP contribution in [-0.4, -0.2) is 52.6 Å². The monoisotopic (exact) mass is 483 g/mol. The average Bonchev–Trinajstić information content (AvgIpc) is 3.33. The molecular formula is C23H28F3N3O3S. The third kappa shape index (κ3) is 5.55. The van der Waals surface area contributed by atoms with Gasteiger partial charge in [0.1, 0.15) is 5.75 Å². The summed E-state index contributed by atoms with van der Waals surface area (Å²) in [7, 11) is -2.61. The Morgan fingerprint density at radius 1 is 0.970 bits per heavy atom. The van der Waals surface area contributed by atoms with Crippen molar-refractivity contribution in [3.05, 3.63) is 48.0 Å².